The van der Waals surface area contributed by atoms with Crippen LogP contribution in [0.1, 0.15) is 18.1 Å². The molecule has 0 aliphatic heterocycles. The molecular weight excluding hydrogens is 329 g/mol. The Kier molecular flexibility index (Phi) is 6.14. The highest BCUT2D eigenvalue weighted by atomic mass is 79.9. The van der Waals surface area contributed by atoms with E-state index in [2.05, 4.69) is 25.4 Å². The number of ether oxygens (including phenoxy) is 2. The van der Waals surface area contributed by atoms with E-state index in [-0.39, 0.29) is 23.2 Å². The van der Waals surface area contributed by atoms with Gasteiger partial charge < -0.3 is 9.47 Å². The van der Waals surface area contributed by atoms with Crippen LogP contribution in [0.5, 0.6) is 5.75 Å². The first kappa shape index (κ1) is 15.8. The van der Waals surface area contributed by atoms with Crippen molar-refractivity contribution in [2.45, 2.75) is 25.3 Å². The maximum Gasteiger partial charge on any atom is 0.387 e. The van der Waals surface area contributed by atoms with Crippen molar-refractivity contribution < 1.29 is 27.4 Å². The molecule has 7 heteroatoms. The van der Waals surface area contributed by atoms with Crippen LogP contribution in [0.2, 0.25) is 0 Å². The monoisotopic (exact) mass is 340 g/mol. The summed E-state index contributed by atoms with van der Waals surface area (Å²) >= 11 is 3.09. The number of carbonyl (C=O) groups is 1. The summed E-state index contributed by atoms with van der Waals surface area (Å²) in [6.07, 6.45) is -0.454. The lowest BCUT2D eigenvalue weighted by Crippen LogP contribution is -2.12. The fraction of sp³-hybridized carbons (Fsp3) is 0.417. The summed E-state index contributed by atoms with van der Waals surface area (Å²) in [5, 5.41) is 0.281. The van der Waals surface area contributed by atoms with Gasteiger partial charge in [-0.05, 0) is 24.6 Å². The quantitative estimate of drug-likeness (QED) is 0.588. The van der Waals surface area contributed by atoms with Crippen molar-refractivity contribution in [2.75, 3.05) is 6.61 Å². The molecule has 1 aromatic rings. The van der Waals surface area contributed by atoms with Crippen LogP contribution in [0.3, 0.4) is 0 Å². The third-order valence-electron chi connectivity index (χ3n) is 2.21. The Morgan fingerprint density at radius 3 is 2.63 bits per heavy atom. The molecule has 1 aromatic carbocycles. The smallest absolute Gasteiger partial charge is 0.387 e. The van der Waals surface area contributed by atoms with Crippen LogP contribution in [-0.4, -0.2) is 19.2 Å². The highest BCUT2D eigenvalue weighted by Crippen LogP contribution is 2.27. The van der Waals surface area contributed by atoms with Crippen LogP contribution in [-0.2, 0) is 21.3 Å². The van der Waals surface area contributed by atoms with Gasteiger partial charge in [0, 0.05) is 10.9 Å². The lowest BCUT2D eigenvalue weighted by Gasteiger charge is -2.12. The van der Waals surface area contributed by atoms with Gasteiger partial charge in [-0.2, -0.15) is 8.78 Å². The van der Waals surface area contributed by atoms with Gasteiger partial charge in [-0.25, -0.2) is 4.39 Å². The predicted octanol–water partition coefficient (Wildman–Crippen LogP) is 3.43. The molecular formula is C12H12BrF3O3. The Labute approximate surface area is 116 Å². The van der Waals surface area contributed by atoms with Gasteiger partial charge in [0.25, 0.3) is 0 Å². The summed E-state index contributed by atoms with van der Waals surface area (Å²) < 4.78 is 47.3. The first-order valence-corrected chi connectivity index (χ1v) is 6.57. The zero-order chi connectivity index (χ0) is 14.4. The average molecular weight is 341 g/mol. The number of rotatable bonds is 6. The van der Waals surface area contributed by atoms with E-state index < -0.39 is 24.8 Å². The highest BCUT2D eigenvalue weighted by Gasteiger charge is 2.18. The molecule has 0 aliphatic rings. The van der Waals surface area contributed by atoms with Crippen molar-refractivity contribution in [3.05, 3.63) is 29.1 Å². The molecule has 0 aromatic heterocycles. The zero-order valence-corrected chi connectivity index (χ0v) is 11.7. The fourth-order valence-corrected chi connectivity index (χ4v) is 1.79. The van der Waals surface area contributed by atoms with Gasteiger partial charge in [0.2, 0.25) is 0 Å². The maximum absolute atomic E-state index is 13.8. The minimum atomic E-state index is -3.09. The van der Waals surface area contributed by atoms with Gasteiger partial charge in [0.05, 0.1) is 13.0 Å². The number of hydrogen-bond acceptors (Lipinski definition) is 3. The number of esters is 1. The van der Waals surface area contributed by atoms with Crippen molar-refractivity contribution in [2.24, 2.45) is 0 Å². The third kappa shape index (κ3) is 4.74. The minimum Gasteiger partial charge on any atom is -0.466 e. The predicted molar refractivity (Wildman–Crippen MR) is 66.0 cm³/mol. The highest BCUT2D eigenvalue weighted by molar-refractivity contribution is 9.08. The molecule has 0 amide bonds. The molecule has 106 valence electrons. The molecule has 0 saturated carbocycles. The summed E-state index contributed by atoms with van der Waals surface area (Å²) in [5.74, 6) is -1.83. The molecule has 0 N–H and O–H groups in total. The van der Waals surface area contributed by atoms with Crippen LogP contribution in [0, 0.1) is 5.82 Å². The Morgan fingerprint density at radius 1 is 1.42 bits per heavy atom. The van der Waals surface area contributed by atoms with E-state index in [4.69, 9.17) is 0 Å². The average Bonchev–Trinajstić information content (AvgIpc) is 2.32. The zero-order valence-electron chi connectivity index (χ0n) is 10.1. The van der Waals surface area contributed by atoms with Crippen molar-refractivity contribution in [3.8, 4) is 5.75 Å². The molecule has 0 heterocycles. The molecule has 0 atom stereocenters. The second kappa shape index (κ2) is 7.37. The lowest BCUT2D eigenvalue weighted by molar-refractivity contribution is -0.142. The summed E-state index contributed by atoms with van der Waals surface area (Å²) in [5.41, 5.74) is 0.198. The van der Waals surface area contributed by atoms with Gasteiger partial charge in [-0.1, -0.05) is 15.9 Å². The van der Waals surface area contributed by atoms with Crippen molar-refractivity contribution in [3.63, 3.8) is 0 Å². The van der Waals surface area contributed by atoms with E-state index in [0.717, 1.165) is 6.07 Å². The number of carbonyl (C=O) groups excluding carboxylic acids is 1. The molecule has 0 bridgehead atoms. The van der Waals surface area contributed by atoms with Gasteiger partial charge in [-0.15, -0.1) is 0 Å². The van der Waals surface area contributed by atoms with Crippen LogP contribution in [0.4, 0.5) is 13.2 Å². The Morgan fingerprint density at radius 2 is 2.11 bits per heavy atom. The van der Waals surface area contributed by atoms with Crippen molar-refractivity contribution in [1.29, 1.82) is 0 Å². The Bertz CT molecular complexity index is 452. The summed E-state index contributed by atoms with van der Waals surface area (Å²) in [4.78, 5) is 11.3. The normalized spacial score (nSPS) is 10.6. The van der Waals surface area contributed by atoms with Crippen LogP contribution >= 0.6 is 15.9 Å². The second-order valence-corrected chi connectivity index (χ2v) is 4.11. The molecule has 1 rings (SSSR count). The van der Waals surface area contributed by atoms with Crippen LogP contribution < -0.4 is 4.74 Å². The van der Waals surface area contributed by atoms with Gasteiger partial charge in [0.1, 0.15) is 11.6 Å². The minimum absolute atomic E-state index is 0.130. The molecule has 0 unspecified atom stereocenters. The van der Waals surface area contributed by atoms with E-state index >= 15 is 0 Å². The SMILES string of the molecule is CCOC(=O)Cc1c(F)cc(CBr)cc1OC(F)F. The standard InChI is InChI=1S/C12H12BrF3O3/c1-2-18-11(17)5-8-9(14)3-7(6-13)4-10(8)19-12(15)16/h3-4,12H,2,5-6H2,1H3. The van der Waals surface area contributed by atoms with E-state index in [1.807, 2.05) is 0 Å². The number of benzene rings is 1. The molecule has 0 fully saturated rings. The van der Waals surface area contributed by atoms with Gasteiger partial charge in [-0.3, -0.25) is 4.79 Å². The molecule has 0 saturated heterocycles. The fourth-order valence-electron chi connectivity index (χ4n) is 1.47. The van der Waals surface area contributed by atoms with Gasteiger partial charge >= 0.3 is 12.6 Å². The van der Waals surface area contributed by atoms with Crippen molar-refractivity contribution in [1.82, 2.24) is 0 Å². The summed E-state index contributed by atoms with van der Waals surface area (Å²) in [6.45, 7) is -1.37. The molecule has 19 heavy (non-hydrogen) atoms. The van der Waals surface area contributed by atoms with Crippen LogP contribution in [0.25, 0.3) is 0 Å². The maximum atomic E-state index is 13.8. The van der Waals surface area contributed by atoms with Crippen LogP contribution in [0.15, 0.2) is 12.1 Å². The van der Waals surface area contributed by atoms with Gasteiger partial charge in [0.15, 0.2) is 0 Å². The first-order chi connectivity index (χ1) is 8.97. The number of hydrogen-bond donors (Lipinski definition) is 0. The number of alkyl halides is 3. The second-order valence-electron chi connectivity index (χ2n) is 3.55. The van der Waals surface area contributed by atoms with E-state index in [1.165, 1.54) is 6.07 Å². The summed E-state index contributed by atoms with van der Waals surface area (Å²) in [7, 11) is 0. The van der Waals surface area contributed by atoms with E-state index in [1.54, 1.807) is 6.92 Å². The van der Waals surface area contributed by atoms with E-state index in [9.17, 15) is 18.0 Å². The Hall–Kier alpha value is -1.24. The molecule has 0 spiro atoms. The first-order valence-electron chi connectivity index (χ1n) is 5.45. The molecule has 3 nitrogen and oxygen atoms in total. The summed E-state index contributed by atoms with van der Waals surface area (Å²) in [6, 6.07) is 2.42. The lowest BCUT2D eigenvalue weighted by atomic mass is 10.1. The molecule has 0 radical (unpaired) electrons. The third-order valence-corrected chi connectivity index (χ3v) is 2.86. The largest absolute Gasteiger partial charge is 0.466 e. The molecule has 0 aliphatic carbocycles. The van der Waals surface area contributed by atoms with E-state index in [0.29, 0.717) is 5.56 Å². The number of halogens is 4. The van der Waals surface area contributed by atoms with Crippen molar-refractivity contribution >= 4 is 21.9 Å². The topological polar surface area (TPSA) is 35.5 Å². The Balaban J connectivity index is 3.08.